The summed E-state index contributed by atoms with van der Waals surface area (Å²) in [5.74, 6) is -1.92. The number of fused-ring (bicyclic) bond motifs is 1. The Morgan fingerprint density at radius 3 is 3.08 bits per heavy atom. The van der Waals surface area contributed by atoms with Crippen LogP contribution in [0.5, 0.6) is 11.5 Å². The van der Waals surface area contributed by atoms with Gasteiger partial charge in [0.05, 0.1) is 4.11 Å². The highest BCUT2D eigenvalue weighted by Gasteiger charge is 2.17. The molecule has 1 atom stereocenters. The molecule has 1 aromatic rings. The average molecular weight is 186 g/mol. The van der Waals surface area contributed by atoms with Crippen molar-refractivity contribution < 1.29 is 19.8 Å². The predicted octanol–water partition coefficient (Wildman–Crippen LogP) is 1.30. The third kappa shape index (κ3) is 1.35. The van der Waals surface area contributed by atoms with Crippen LogP contribution in [0.4, 0.5) is 0 Å². The van der Waals surface area contributed by atoms with Crippen LogP contribution in [0.1, 0.15) is 33.7 Å². The number of rotatable bonds is 0. The molecule has 0 amide bonds. The van der Waals surface area contributed by atoms with E-state index in [0.29, 0.717) is 0 Å². The largest absolute Gasteiger partial charge is 0.504 e. The van der Waals surface area contributed by atoms with Crippen LogP contribution in [0.2, 0.25) is 0 Å². The highest BCUT2D eigenvalue weighted by molar-refractivity contribution is 5.47. The first-order chi connectivity index (χ1) is 8.84. The molecule has 1 heterocycles. The van der Waals surface area contributed by atoms with E-state index in [2.05, 4.69) is 5.32 Å². The van der Waals surface area contributed by atoms with Gasteiger partial charge in [-0.2, -0.15) is 0 Å². The van der Waals surface area contributed by atoms with Gasteiger partial charge in [-0.05, 0) is 43.0 Å². The van der Waals surface area contributed by atoms with Crippen LogP contribution in [-0.2, 0) is 6.37 Å². The van der Waals surface area contributed by atoms with Crippen molar-refractivity contribution in [2.24, 2.45) is 0 Å². The lowest BCUT2D eigenvalue weighted by Gasteiger charge is -2.24. The summed E-state index contributed by atoms with van der Waals surface area (Å²) in [7, 11) is 0. The molecule has 1 aromatic carbocycles. The topological polar surface area (TPSA) is 52.5 Å². The van der Waals surface area contributed by atoms with E-state index in [1.54, 1.807) is 0 Å². The Kier molecular flexibility index (Phi) is 0.787. The van der Waals surface area contributed by atoms with Crippen LogP contribution in [0.25, 0.3) is 0 Å². The molecular formula is C10H13NO2. The van der Waals surface area contributed by atoms with E-state index >= 15 is 0 Å². The van der Waals surface area contributed by atoms with Crippen molar-refractivity contribution in [2.45, 2.75) is 19.3 Å². The van der Waals surface area contributed by atoms with Gasteiger partial charge < -0.3 is 15.5 Å². The second-order valence-electron chi connectivity index (χ2n) is 2.70. The van der Waals surface area contributed by atoms with Gasteiger partial charge in [0.2, 0.25) is 0 Å². The van der Waals surface area contributed by atoms with Crippen LogP contribution < -0.4 is 5.32 Å². The van der Waals surface area contributed by atoms with Gasteiger partial charge in [0.15, 0.2) is 11.5 Å². The van der Waals surface area contributed by atoms with E-state index in [9.17, 15) is 10.2 Å². The fourth-order valence-corrected chi connectivity index (χ4v) is 1.11. The second-order valence-corrected chi connectivity index (χ2v) is 2.70. The molecule has 2 rings (SSSR count). The molecular weight excluding hydrogens is 166 g/mol. The SMILES string of the molecule is [2H]c1c(O)c(O)c([2H])c2c1C([2H])(C)NC([2H])([2H])C2([2H])[2H]. The maximum Gasteiger partial charge on any atom is 0.157 e. The Labute approximate surface area is 86.9 Å². The van der Waals surface area contributed by atoms with E-state index in [0.717, 1.165) is 0 Å². The number of hydrogen-bond acceptors (Lipinski definition) is 3. The number of benzene rings is 1. The summed E-state index contributed by atoms with van der Waals surface area (Å²) < 4.78 is 54.5. The lowest BCUT2D eigenvalue weighted by atomic mass is 9.95. The van der Waals surface area contributed by atoms with Crippen molar-refractivity contribution in [3.05, 3.63) is 23.2 Å². The van der Waals surface area contributed by atoms with E-state index in [1.165, 1.54) is 6.92 Å². The predicted molar refractivity (Wildman–Crippen MR) is 49.9 cm³/mol. The summed E-state index contributed by atoms with van der Waals surface area (Å²) in [6.45, 7) is -1.49. The Hall–Kier alpha value is -1.22. The van der Waals surface area contributed by atoms with Gasteiger partial charge in [-0.15, -0.1) is 0 Å². The highest BCUT2D eigenvalue weighted by atomic mass is 16.3. The molecule has 13 heavy (non-hydrogen) atoms. The molecule has 3 N–H and O–H groups in total. The third-order valence-corrected chi connectivity index (χ3v) is 1.77. The maximum absolute atomic E-state index is 9.59. The first-order valence-electron chi connectivity index (χ1n) is 7.20. The lowest BCUT2D eigenvalue weighted by Crippen LogP contribution is -2.27. The minimum atomic E-state index is -2.75. The minimum absolute atomic E-state index is 0.363. The molecule has 0 bridgehead atoms. The first-order valence-corrected chi connectivity index (χ1v) is 3.70. The van der Waals surface area contributed by atoms with E-state index < -0.39 is 48.0 Å². The second kappa shape index (κ2) is 2.92. The molecule has 1 aliphatic rings. The van der Waals surface area contributed by atoms with Gasteiger partial charge >= 0.3 is 0 Å². The summed E-state index contributed by atoms with van der Waals surface area (Å²) in [5.41, 5.74) is -0.961. The molecule has 1 unspecified atom stereocenters. The summed E-state index contributed by atoms with van der Waals surface area (Å²) in [4.78, 5) is 0. The van der Waals surface area contributed by atoms with Crippen molar-refractivity contribution in [3.8, 4) is 11.5 Å². The highest BCUT2D eigenvalue weighted by Crippen LogP contribution is 2.33. The molecule has 0 saturated carbocycles. The Morgan fingerprint density at radius 2 is 2.31 bits per heavy atom. The van der Waals surface area contributed by atoms with Crippen LogP contribution in [-0.4, -0.2) is 16.7 Å². The van der Waals surface area contributed by atoms with Crippen LogP contribution >= 0.6 is 0 Å². The van der Waals surface area contributed by atoms with Crippen LogP contribution in [0, 0.1) is 0 Å². The Balaban J connectivity index is 2.99. The van der Waals surface area contributed by atoms with E-state index in [4.69, 9.17) is 9.60 Å². The van der Waals surface area contributed by atoms with Gasteiger partial charge in [0, 0.05) is 11.5 Å². The number of phenolic OH excluding ortho intramolecular Hbond substituents is 2. The van der Waals surface area contributed by atoms with Crippen molar-refractivity contribution >= 4 is 0 Å². The van der Waals surface area contributed by atoms with Crippen LogP contribution in [0.15, 0.2) is 12.1 Å². The molecule has 3 heteroatoms. The maximum atomic E-state index is 9.59. The average Bonchev–Trinajstić information content (AvgIpc) is 2.27. The zero-order valence-corrected chi connectivity index (χ0v) is 6.89. The quantitative estimate of drug-likeness (QED) is 0.535. The molecule has 70 valence electrons. The monoisotopic (exact) mass is 186 g/mol. The number of phenols is 2. The fraction of sp³-hybridized carbons (Fsp3) is 0.400. The molecule has 0 radical (unpaired) electrons. The van der Waals surface area contributed by atoms with Crippen molar-refractivity contribution in [3.63, 3.8) is 0 Å². The number of nitrogens with one attached hydrogen (secondary N) is 1. The Morgan fingerprint density at radius 1 is 1.62 bits per heavy atom. The fourth-order valence-electron chi connectivity index (χ4n) is 1.11. The summed E-state index contributed by atoms with van der Waals surface area (Å²) in [5, 5.41) is 21.3. The summed E-state index contributed by atoms with van der Waals surface area (Å²) >= 11 is 0. The number of hydrogen-bond donors (Lipinski definition) is 3. The number of aromatic hydroxyl groups is 2. The molecule has 0 aliphatic carbocycles. The van der Waals surface area contributed by atoms with Crippen molar-refractivity contribution in [2.75, 3.05) is 6.50 Å². The van der Waals surface area contributed by atoms with Gasteiger partial charge in [-0.3, -0.25) is 0 Å². The van der Waals surface area contributed by atoms with Gasteiger partial charge in [-0.1, -0.05) is 0 Å². The molecule has 0 aromatic heterocycles. The molecule has 1 aliphatic heterocycles. The molecule has 0 spiro atoms. The zero-order valence-electron chi connectivity index (χ0n) is 13.9. The molecule has 0 fully saturated rings. The van der Waals surface area contributed by atoms with Crippen LogP contribution in [0.3, 0.4) is 0 Å². The first kappa shape index (κ1) is 3.50. The van der Waals surface area contributed by atoms with Gasteiger partial charge in [-0.25, -0.2) is 0 Å². The standard InChI is InChI=1S/C10H13NO2/c1-6-8-5-10(13)9(12)4-7(8)2-3-11-6/h4-6,11-13H,2-3H2,1H3/i2D2,3D2,4D,5D,6D. The van der Waals surface area contributed by atoms with Gasteiger partial charge in [0.25, 0.3) is 0 Å². The minimum Gasteiger partial charge on any atom is -0.504 e. The van der Waals surface area contributed by atoms with E-state index in [1.807, 2.05) is 0 Å². The lowest BCUT2D eigenvalue weighted by molar-refractivity contribution is 0.399. The third-order valence-electron chi connectivity index (χ3n) is 1.77. The van der Waals surface area contributed by atoms with Crippen molar-refractivity contribution in [1.82, 2.24) is 5.32 Å². The van der Waals surface area contributed by atoms with Gasteiger partial charge in [0.1, 0.15) is 0 Å². The zero-order chi connectivity index (χ0) is 15.7. The smallest absolute Gasteiger partial charge is 0.157 e. The summed E-state index contributed by atoms with van der Waals surface area (Å²) in [6, 6.07) is -3.44. The normalized spacial score (nSPS) is 42.4. The molecule has 0 saturated heterocycles. The van der Waals surface area contributed by atoms with Crippen molar-refractivity contribution in [1.29, 1.82) is 0 Å². The molecule has 3 nitrogen and oxygen atoms in total. The van der Waals surface area contributed by atoms with E-state index in [-0.39, 0.29) is 5.56 Å². The summed E-state index contributed by atoms with van der Waals surface area (Å²) in [6.07, 6.45) is -2.75. The Bertz CT molecular complexity index is 600.